The van der Waals surface area contributed by atoms with Crippen LogP contribution in [-0.4, -0.2) is 28.9 Å². The van der Waals surface area contributed by atoms with E-state index < -0.39 is 0 Å². The van der Waals surface area contributed by atoms with Crippen LogP contribution in [0, 0.1) is 6.92 Å². The zero-order chi connectivity index (χ0) is 14.4. The summed E-state index contributed by atoms with van der Waals surface area (Å²) in [6, 6.07) is 8.34. The molecule has 2 rings (SSSR count). The molecule has 1 saturated carbocycles. The van der Waals surface area contributed by atoms with Gasteiger partial charge < -0.3 is 10.4 Å². The first kappa shape index (κ1) is 15.4. The molecule has 2 atom stereocenters. The van der Waals surface area contributed by atoms with Crippen LogP contribution in [0.25, 0.3) is 0 Å². The van der Waals surface area contributed by atoms with Crippen LogP contribution in [0.2, 0.25) is 0 Å². The molecule has 2 unspecified atom stereocenters. The molecule has 110 valence electrons. The first-order valence-corrected chi connectivity index (χ1v) is 8.41. The van der Waals surface area contributed by atoms with Gasteiger partial charge in [0.25, 0.3) is 0 Å². The molecular formula is C16H23NO2S. The molecule has 2 N–H and O–H groups in total. The van der Waals surface area contributed by atoms with Crippen molar-refractivity contribution in [2.24, 2.45) is 0 Å². The Kier molecular flexibility index (Phi) is 5.92. The lowest BCUT2D eigenvalue weighted by Crippen LogP contribution is -2.45. The van der Waals surface area contributed by atoms with Crippen LogP contribution in [0.4, 0.5) is 0 Å². The second-order valence-corrected chi connectivity index (χ2v) is 6.49. The summed E-state index contributed by atoms with van der Waals surface area (Å²) in [6.45, 7) is 2.07. The monoisotopic (exact) mass is 293 g/mol. The number of nitrogens with one attached hydrogen (secondary N) is 1. The van der Waals surface area contributed by atoms with Gasteiger partial charge in [0.15, 0.2) is 0 Å². The van der Waals surface area contributed by atoms with Crippen molar-refractivity contribution in [3.63, 3.8) is 0 Å². The molecule has 0 bridgehead atoms. The summed E-state index contributed by atoms with van der Waals surface area (Å²) in [5, 5.41) is 12.8. The van der Waals surface area contributed by atoms with Gasteiger partial charge in [-0.15, -0.1) is 11.8 Å². The van der Waals surface area contributed by atoms with E-state index in [1.807, 2.05) is 0 Å². The van der Waals surface area contributed by atoms with Crippen LogP contribution in [0.3, 0.4) is 0 Å². The minimum Gasteiger partial charge on any atom is -0.391 e. The van der Waals surface area contributed by atoms with Crippen LogP contribution in [0.15, 0.2) is 24.3 Å². The summed E-state index contributed by atoms with van der Waals surface area (Å²) in [7, 11) is 0. The number of hydrogen-bond donors (Lipinski definition) is 2. The lowest BCUT2D eigenvalue weighted by Gasteiger charge is -2.28. The van der Waals surface area contributed by atoms with E-state index in [1.54, 1.807) is 11.8 Å². The molecule has 1 aromatic carbocycles. The Labute approximate surface area is 125 Å². The van der Waals surface area contributed by atoms with Crippen molar-refractivity contribution in [1.82, 2.24) is 5.32 Å². The second-order valence-electron chi connectivity index (χ2n) is 5.50. The fourth-order valence-electron chi connectivity index (χ4n) is 2.47. The van der Waals surface area contributed by atoms with E-state index in [0.717, 1.165) is 31.4 Å². The quantitative estimate of drug-likeness (QED) is 0.877. The lowest BCUT2D eigenvalue weighted by molar-refractivity contribution is -0.120. The highest BCUT2D eigenvalue weighted by Gasteiger charge is 2.24. The zero-order valence-electron chi connectivity index (χ0n) is 12.0. The number of benzene rings is 1. The smallest absolute Gasteiger partial charge is 0.230 e. The molecule has 0 radical (unpaired) electrons. The van der Waals surface area contributed by atoms with Crippen molar-refractivity contribution < 1.29 is 9.90 Å². The highest BCUT2D eigenvalue weighted by molar-refractivity contribution is 7.99. The van der Waals surface area contributed by atoms with Gasteiger partial charge in [-0.05, 0) is 25.3 Å². The topological polar surface area (TPSA) is 49.3 Å². The number of amides is 1. The van der Waals surface area contributed by atoms with Crippen LogP contribution >= 0.6 is 11.8 Å². The van der Waals surface area contributed by atoms with Crippen LogP contribution in [0.1, 0.15) is 36.8 Å². The predicted molar refractivity (Wildman–Crippen MR) is 83.7 cm³/mol. The van der Waals surface area contributed by atoms with Gasteiger partial charge in [-0.3, -0.25) is 4.79 Å². The van der Waals surface area contributed by atoms with E-state index in [2.05, 4.69) is 36.5 Å². The summed E-state index contributed by atoms with van der Waals surface area (Å²) >= 11 is 1.62. The Morgan fingerprint density at radius 1 is 1.30 bits per heavy atom. The van der Waals surface area contributed by atoms with Gasteiger partial charge in [-0.2, -0.15) is 0 Å². The van der Waals surface area contributed by atoms with Crippen molar-refractivity contribution in [3.05, 3.63) is 35.4 Å². The van der Waals surface area contributed by atoms with Gasteiger partial charge in [0, 0.05) is 5.75 Å². The Morgan fingerprint density at radius 3 is 2.70 bits per heavy atom. The molecular weight excluding hydrogens is 270 g/mol. The first-order chi connectivity index (χ1) is 9.65. The molecule has 0 heterocycles. The summed E-state index contributed by atoms with van der Waals surface area (Å²) in [5.74, 6) is 1.34. The predicted octanol–water partition coefficient (Wildman–Crippen LogP) is 2.65. The highest BCUT2D eigenvalue weighted by atomic mass is 32.2. The van der Waals surface area contributed by atoms with Crippen molar-refractivity contribution in [3.8, 4) is 0 Å². The fraction of sp³-hybridized carbons (Fsp3) is 0.562. The summed E-state index contributed by atoms with van der Waals surface area (Å²) in [5.41, 5.74) is 2.49. The minimum absolute atomic E-state index is 0.0352. The number of thioether (sulfide) groups is 1. The Balaban J connectivity index is 1.68. The molecule has 0 saturated heterocycles. The van der Waals surface area contributed by atoms with Gasteiger partial charge >= 0.3 is 0 Å². The number of rotatable bonds is 5. The minimum atomic E-state index is -0.366. The van der Waals surface area contributed by atoms with Crippen LogP contribution in [-0.2, 0) is 10.5 Å². The van der Waals surface area contributed by atoms with Crippen LogP contribution in [0.5, 0.6) is 0 Å². The Bertz CT molecular complexity index is 433. The van der Waals surface area contributed by atoms with Crippen molar-refractivity contribution in [1.29, 1.82) is 0 Å². The summed E-state index contributed by atoms with van der Waals surface area (Å²) < 4.78 is 0. The van der Waals surface area contributed by atoms with Crippen molar-refractivity contribution >= 4 is 17.7 Å². The van der Waals surface area contributed by atoms with Crippen molar-refractivity contribution in [2.75, 3.05) is 5.75 Å². The molecule has 1 aliphatic carbocycles. The summed E-state index contributed by atoms with van der Waals surface area (Å²) in [6.07, 6.45) is 3.50. The number of carbonyl (C=O) groups is 1. The lowest BCUT2D eigenvalue weighted by atomic mass is 9.93. The van der Waals surface area contributed by atoms with E-state index in [1.165, 1.54) is 11.1 Å². The number of aliphatic hydroxyl groups excluding tert-OH is 1. The molecule has 3 nitrogen and oxygen atoms in total. The first-order valence-electron chi connectivity index (χ1n) is 7.26. The highest BCUT2D eigenvalue weighted by Crippen LogP contribution is 2.19. The van der Waals surface area contributed by atoms with Gasteiger partial charge in [0.1, 0.15) is 0 Å². The van der Waals surface area contributed by atoms with Crippen molar-refractivity contribution in [2.45, 2.75) is 50.5 Å². The third kappa shape index (κ3) is 4.84. The molecule has 4 heteroatoms. The van der Waals surface area contributed by atoms with E-state index in [4.69, 9.17) is 0 Å². The second kappa shape index (κ2) is 7.70. The van der Waals surface area contributed by atoms with Gasteiger partial charge in [-0.1, -0.05) is 42.7 Å². The Morgan fingerprint density at radius 2 is 2.00 bits per heavy atom. The largest absolute Gasteiger partial charge is 0.391 e. The average molecular weight is 293 g/mol. The third-order valence-electron chi connectivity index (χ3n) is 3.70. The van der Waals surface area contributed by atoms with Gasteiger partial charge in [0.05, 0.1) is 17.9 Å². The number of hydrogen-bond acceptors (Lipinski definition) is 3. The number of carbonyl (C=O) groups excluding carboxylic acids is 1. The third-order valence-corrected chi connectivity index (χ3v) is 4.70. The van der Waals surface area contributed by atoms with Crippen LogP contribution < -0.4 is 5.32 Å². The maximum atomic E-state index is 11.9. The van der Waals surface area contributed by atoms with E-state index >= 15 is 0 Å². The van der Waals surface area contributed by atoms with Gasteiger partial charge in [0.2, 0.25) is 5.91 Å². The number of aryl methyl sites for hydroxylation is 1. The maximum Gasteiger partial charge on any atom is 0.230 e. The zero-order valence-corrected chi connectivity index (χ0v) is 12.8. The van der Waals surface area contributed by atoms with E-state index in [-0.39, 0.29) is 18.1 Å². The SMILES string of the molecule is Cc1ccc(CSCC(=O)NC2CCCCC2O)cc1. The fourth-order valence-corrected chi connectivity index (χ4v) is 3.27. The van der Waals surface area contributed by atoms with E-state index in [9.17, 15) is 9.90 Å². The summed E-state index contributed by atoms with van der Waals surface area (Å²) in [4.78, 5) is 11.9. The molecule has 1 aliphatic rings. The maximum absolute atomic E-state index is 11.9. The molecule has 0 spiro atoms. The number of aliphatic hydroxyl groups is 1. The molecule has 1 amide bonds. The Hall–Kier alpha value is -1.00. The van der Waals surface area contributed by atoms with E-state index in [0.29, 0.717) is 5.75 Å². The normalized spacial score (nSPS) is 22.5. The molecule has 20 heavy (non-hydrogen) atoms. The standard InChI is InChI=1S/C16H23NO2S/c1-12-6-8-13(9-7-12)10-20-11-16(19)17-14-4-2-3-5-15(14)18/h6-9,14-15,18H,2-5,10-11H2,1H3,(H,17,19). The average Bonchev–Trinajstić information content (AvgIpc) is 2.44. The van der Waals surface area contributed by atoms with Gasteiger partial charge in [-0.25, -0.2) is 0 Å². The molecule has 1 aromatic rings. The molecule has 1 fully saturated rings. The molecule has 0 aliphatic heterocycles. The molecule has 0 aromatic heterocycles.